The molecule has 1 aromatic rings. The van der Waals surface area contributed by atoms with E-state index in [9.17, 15) is 14.4 Å². The minimum atomic E-state index is -1.11. The molecule has 7 nitrogen and oxygen atoms in total. The van der Waals surface area contributed by atoms with Crippen molar-refractivity contribution in [1.29, 1.82) is 0 Å². The van der Waals surface area contributed by atoms with Gasteiger partial charge in [-0.25, -0.2) is 0 Å². The number of hydrogen-bond acceptors (Lipinski definition) is 6. The molecule has 25 heavy (non-hydrogen) atoms. The largest absolute Gasteiger partial charge is 0.463 e. The second kappa shape index (κ2) is 9.78. The normalized spacial score (nSPS) is 12.0. The molecule has 0 unspecified atom stereocenters. The zero-order chi connectivity index (χ0) is 19.0. The highest BCUT2D eigenvalue weighted by atomic mass is 16.5. The Balaban J connectivity index is 2.89. The first-order valence-corrected chi connectivity index (χ1v) is 8.21. The van der Waals surface area contributed by atoms with E-state index in [1.807, 2.05) is 0 Å². The predicted molar refractivity (Wildman–Crippen MR) is 93.8 cm³/mol. The summed E-state index contributed by atoms with van der Waals surface area (Å²) in [5.41, 5.74) is 6.37. The summed E-state index contributed by atoms with van der Waals surface area (Å²) in [5, 5.41) is 0. The summed E-state index contributed by atoms with van der Waals surface area (Å²) in [7, 11) is 0. The number of anilines is 1. The van der Waals surface area contributed by atoms with Crippen LogP contribution in [0.3, 0.4) is 0 Å². The van der Waals surface area contributed by atoms with Gasteiger partial charge >= 0.3 is 11.9 Å². The molecular weight excluding hydrogens is 324 g/mol. The molecule has 0 aliphatic rings. The molecule has 0 heterocycles. The van der Waals surface area contributed by atoms with E-state index in [0.29, 0.717) is 5.69 Å². The highest BCUT2D eigenvalue weighted by Crippen LogP contribution is 2.15. The summed E-state index contributed by atoms with van der Waals surface area (Å²) in [5.74, 6) is -1.66. The Morgan fingerprint density at radius 3 is 2.00 bits per heavy atom. The lowest BCUT2D eigenvalue weighted by molar-refractivity contribution is -0.148. The van der Waals surface area contributed by atoms with Crippen LogP contribution in [-0.2, 0) is 23.9 Å². The van der Waals surface area contributed by atoms with E-state index >= 15 is 0 Å². The van der Waals surface area contributed by atoms with Crippen molar-refractivity contribution in [3.63, 3.8) is 0 Å². The number of amides is 1. The molecule has 2 N–H and O–H groups in total. The fourth-order valence-corrected chi connectivity index (χ4v) is 2.11. The number of ether oxygens (including phenoxy) is 2. The molecule has 1 amide bonds. The van der Waals surface area contributed by atoms with E-state index in [2.05, 4.69) is 0 Å². The van der Waals surface area contributed by atoms with Gasteiger partial charge in [-0.1, -0.05) is 18.2 Å². The van der Waals surface area contributed by atoms with Gasteiger partial charge in [0.1, 0.15) is 6.54 Å². The van der Waals surface area contributed by atoms with E-state index in [1.54, 1.807) is 58.0 Å². The Hall–Kier alpha value is -2.41. The van der Waals surface area contributed by atoms with Gasteiger partial charge in [-0.3, -0.25) is 19.3 Å². The number of esters is 2. The maximum atomic E-state index is 12.7. The van der Waals surface area contributed by atoms with Crippen molar-refractivity contribution < 1.29 is 23.9 Å². The fourth-order valence-electron chi connectivity index (χ4n) is 2.11. The number of nitrogens with zero attached hydrogens (tertiary/aromatic N) is 1. The first-order chi connectivity index (χ1) is 11.7. The lowest BCUT2D eigenvalue weighted by atomic mass is 10.1. The van der Waals surface area contributed by atoms with Crippen LogP contribution < -0.4 is 10.6 Å². The van der Waals surface area contributed by atoms with Gasteiger partial charge in [-0.05, 0) is 39.8 Å². The monoisotopic (exact) mass is 350 g/mol. The Bertz CT molecular complexity index is 586. The Kier molecular flexibility index (Phi) is 8.07. The van der Waals surface area contributed by atoms with Crippen LogP contribution in [0.2, 0.25) is 0 Å². The zero-order valence-corrected chi connectivity index (χ0v) is 15.1. The van der Waals surface area contributed by atoms with Gasteiger partial charge in [-0.2, -0.15) is 0 Å². The van der Waals surface area contributed by atoms with Crippen molar-refractivity contribution in [1.82, 2.24) is 0 Å². The molecule has 1 rings (SSSR count). The molecule has 0 spiro atoms. The molecular formula is C18H26N2O5. The third-order valence-electron chi connectivity index (χ3n) is 3.06. The molecule has 0 saturated heterocycles. The number of para-hydroxylation sites is 1. The van der Waals surface area contributed by atoms with Crippen LogP contribution in [0.4, 0.5) is 5.69 Å². The summed E-state index contributed by atoms with van der Waals surface area (Å²) < 4.78 is 10.1. The maximum absolute atomic E-state index is 12.7. The van der Waals surface area contributed by atoms with Crippen molar-refractivity contribution in [3.8, 4) is 0 Å². The minimum absolute atomic E-state index is 0.264. The number of nitrogens with two attached hydrogens (primary N) is 1. The number of rotatable bonds is 8. The van der Waals surface area contributed by atoms with Gasteiger partial charge in [0.15, 0.2) is 0 Å². The molecule has 1 atom stereocenters. The van der Waals surface area contributed by atoms with Gasteiger partial charge in [0.25, 0.3) is 0 Å². The minimum Gasteiger partial charge on any atom is -0.463 e. The lowest BCUT2D eigenvalue weighted by Gasteiger charge is -2.25. The second-order valence-electron chi connectivity index (χ2n) is 6.15. The summed E-state index contributed by atoms with van der Waals surface area (Å²) >= 11 is 0. The number of hydrogen-bond donors (Lipinski definition) is 1. The first-order valence-electron chi connectivity index (χ1n) is 8.21. The number of carbonyl (C=O) groups excluding carboxylic acids is 3. The topological polar surface area (TPSA) is 98.9 Å². The van der Waals surface area contributed by atoms with E-state index in [1.165, 1.54) is 4.90 Å². The highest BCUT2D eigenvalue weighted by molar-refractivity contribution is 6.02. The third kappa shape index (κ3) is 7.34. The average molecular weight is 350 g/mol. The Labute approximate surface area is 148 Å². The van der Waals surface area contributed by atoms with Crippen LogP contribution in [0.15, 0.2) is 30.3 Å². The molecule has 0 fully saturated rings. The number of benzene rings is 1. The molecule has 0 aliphatic heterocycles. The molecule has 1 aromatic carbocycles. The molecule has 0 bridgehead atoms. The van der Waals surface area contributed by atoms with Crippen LogP contribution in [0.5, 0.6) is 0 Å². The summed E-state index contributed by atoms with van der Waals surface area (Å²) in [6, 6.07) is 7.51. The first kappa shape index (κ1) is 20.6. The lowest BCUT2D eigenvalue weighted by Crippen LogP contribution is -2.47. The maximum Gasteiger partial charge on any atom is 0.326 e. The predicted octanol–water partition coefficient (Wildman–Crippen LogP) is 1.64. The van der Waals surface area contributed by atoms with E-state index in [-0.39, 0.29) is 25.2 Å². The van der Waals surface area contributed by atoms with Gasteiger partial charge in [-0.15, -0.1) is 0 Å². The van der Waals surface area contributed by atoms with Gasteiger partial charge in [0, 0.05) is 5.69 Å². The number of carbonyl (C=O) groups is 3. The van der Waals surface area contributed by atoms with Crippen LogP contribution in [0.1, 0.15) is 34.1 Å². The van der Waals surface area contributed by atoms with Gasteiger partial charge < -0.3 is 15.2 Å². The SMILES string of the molecule is CC(C)OC(=O)C[C@H](N)C(=O)N(CC(=O)OC(C)C)c1ccccc1. The van der Waals surface area contributed by atoms with Crippen LogP contribution >= 0.6 is 0 Å². The smallest absolute Gasteiger partial charge is 0.326 e. The zero-order valence-electron chi connectivity index (χ0n) is 15.1. The average Bonchev–Trinajstić information content (AvgIpc) is 2.51. The molecule has 7 heteroatoms. The van der Waals surface area contributed by atoms with Crippen molar-refractivity contribution >= 4 is 23.5 Å². The van der Waals surface area contributed by atoms with Crippen molar-refractivity contribution in [2.75, 3.05) is 11.4 Å². The Morgan fingerprint density at radius 2 is 1.48 bits per heavy atom. The summed E-state index contributed by atoms with van der Waals surface area (Å²) in [4.78, 5) is 37.6. The van der Waals surface area contributed by atoms with E-state index in [4.69, 9.17) is 15.2 Å². The molecule has 0 aromatic heterocycles. The van der Waals surface area contributed by atoms with Crippen LogP contribution in [0.25, 0.3) is 0 Å². The summed E-state index contributed by atoms with van der Waals surface area (Å²) in [6.45, 7) is 6.58. The highest BCUT2D eigenvalue weighted by Gasteiger charge is 2.27. The van der Waals surface area contributed by atoms with Crippen molar-refractivity contribution in [2.24, 2.45) is 5.73 Å². The molecule has 0 radical (unpaired) electrons. The van der Waals surface area contributed by atoms with Crippen molar-refractivity contribution in [3.05, 3.63) is 30.3 Å². The van der Waals surface area contributed by atoms with Gasteiger partial charge in [0.2, 0.25) is 5.91 Å². The van der Waals surface area contributed by atoms with Crippen LogP contribution in [0, 0.1) is 0 Å². The molecule has 138 valence electrons. The summed E-state index contributed by atoms with van der Waals surface area (Å²) in [6.07, 6.45) is -0.851. The second-order valence-corrected chi connectivity index (χ2v) is 6.15. The van der Waals surface area contributed by atoms with E-state index in [0.717, 1.165) is 0 Å². The Morgan fingerprint density at radius 1 is 0.960 bits per heavy atom. The third-order valence-corrected chi connectivity index (χ3v) is 3.06. The fraction of sp³-hybridized carbons (Fsp3) is 0.500. The van der Waals surface area contributed by atoms with Crippen molar-refractivity contribution in [2.45, 2.75) is 52.4 Å². The standard InChI is InChI=1S/C18H26N2O5/c1-12(2)24-16(21)10-15(19)18(23)20(11-17(22)25-13(3)4)14-8-6-5-7-9-14/h5-9,12-13,15H,10-11,19H2,1-4H3/t15-/m0/s1. The van der Waals surface area contributed by atoms with Crippen LogP contribution in [-0.4, -0.2) is 42.6 Å². The molecule has 0 saturated carbocycles. The van der Waals surface area contributed by atoms with E-state index < -0.39 is 23.9 Å². The quantitative estimate of drug-likeness (QED) is 0.716. The molecule has 0 aliphatic carbocycles. The van der Waals surface area contributed by atoms with Gasteiger partial charge in [0.05, 0.1) is 24.7 Å².